The molecule has 0 spiro atoms. The molecule has 1 unspecified atom stereocenters. The van der Waals surface area contributed by atoms with Gasteiger partial charge in [-0.05, 0) is 24.3 Å². The van der Waals surface area contributed by atoms with Gasteiger partial charge in [0.2, 0.25) is 5.91 Å². The number of aliphatic hydroxyl groups is 1. The molecular weight excluding hydrogens is 300 g/mol. The topological polar surface area (TPSA) is 87.2 Å². The lowest BCUT2D eigenvalue weighted by atomic mass is 10.1. The number of carbonyl (C=O) groups excluding carboxylic acids is 3. The van der Waals surface area contributed by atoms with Gasteiger partial charge in [0.25, 0.3) is 0 Å². The molecule has 1 atom stereocenters. The Kier molecular flexibility index (Phi) is 5.33. The Hall–Kier alpha value is -2.41. The largest absolute Gasteiger partial charge is 0.491 e. The molecule has 1 N–H and O–H groups in total. The van der Waals surface area contributed by atoms with E-state index in [-0.39, 0.29) is 31.4 Å². The van der Waals surface area contributed by atoms with Gasteiger partial charge in [-0.2, -0.15) is 0 Å². The number of benzene rings is 1. The van der Waals surface area contributed by atoms with Crippen molar-refractivity contribution >= 4 is 17.7 Å². The number of imide groups is 1. The number of aliphatic hydroxyl groups excluding tert-OH is 1. The molecule has 1 aromatic rings. The van der Waals surface area contributed by atoms with Crippen LogP contribution in [0.4, 0.5) is 4.79 Å². The Morgan fingerprint density at radius 3 is 2.48 bits per heavy atom. The Balaban J connectivity index is 1.85. The number of amides is 3. The first-order valence-electron chi connectivity index (χ1n) is 7.42. The minimum atomic E-state index is -0.980. The molecule has 7 heteroatoms. The van der Waals surface area contributed by atoms with Gasteiger partial charge in [-0.3, -0.25) is 14.5 Å². The highest BCUT2D eigenvalue weighted by molar-refractivity contribution is 6.01. The maximum absolute atomic E-state index is 11.7. The number of β-amino-alcohol motifs (C(OH)–C–C–N with tert-alkyl or cyclic N) is 1. The lowest BCUT2D eigenvalue weighted by molar-refractivity contribution is -0.126. The smallest absolute Gasteiger partial charge is 0.327 e. The second kappa shape index (κ2) is 7.23. The summed E-state index contributed by atoms with van der Waals surface area (Å²) in [6, 6.07) is 6.20. The van der Waals surface area contributed by atoms with Crippen LogP contribution >= 0.6 is 0 Å². The summed E-state index contributed by atoms with van der Waals surface area (Å²) in [6.07, 6.45) is -0.544. The van der Waals surface area contributed by atoms with Crippen LogP contribution in [0, 0.1) is 0 Å². The summed E-state index contributed by atoms with van der Waals surface area (Å²) >= 11 is 0. The molecule has 1 aliphatic rings. The van der Waals surface area contributed by atoms with Gasteiger partial charge >= 0.3 is 6.03 Å². The van der Waals surface area contributed by atoms with Gasteiger partial charge in [-0.1, -0.05) is 6.92 Å². The highest BCUT2D eigenvalue weighted by atomic mass is 16.5. The third kappa shape index (κ3) is 4.07. The summed E-state index contributed by atoms with van der Waals surface area (Å²) in [5.41, 5.74) is 0.608. The predicted molar refractivity (Wildman–Crippen MR) is 82.3 cm³/mol. The highest BCUT2D eigenvalue weighted by Gasteiger charge is 2.34. The maximum Gasteiger partial charge on any atom is 0.327 e. The monoisotopic (exact) mass is 320 g/mol. The highest BCUT2D eigenvalue weighted by Crippen LogP contribution is 2.14. The average molecular weight is 320 g/mol. The summed E-state index contributed by atoms with van der Waals surface area (Å²) in [5.74, 6) is 0.221. The van der Waals surface area contributed by atoms with Crippen LogP contribution in [0.15, 0.2) is 24.3 Å². The maximum atomic E-state index is 11.7. The van der Waals surface area contributed by atoms with Crippen LogP contribution in [0.2, 0.25) is 0 Å². The molecule has 1 heterocycles. The van der Waals surface area contributed by atoms with E-state index in [4.69, 9.17) is 4.74 Å². The number of urea groups is 1. The Bertz CT molecular complexity index is 599. The van der Waals surface area contributed by atoms with Crippen molar-refractivity contribution in [2.24, 2.45) is 0 Å². The first-order chi connectivity index (χ1) is 10.9. The number of hydrogen-bond acceptors (Lipinski definition) is 5. The molecule has 1 fully saturated rings. The van der Waals surface area contributed by atoms with Crippen molar-refractivity contribution in [3.63, 3.8) is 0 Å². The molecule has 0 saturated carbocycles. The van der Waals surface area contributed by atoms with Gasteiger partial charge in [0.05, 0.1) is 6.54 Å². The summed E-state index contributed by atoms with van der Waals surface area (Å²) in [7, 11) is 1.53. The van der Waals surface area contributed by atoms with Gasteiger partial charge in [0, 0.05) is 19.0 Å². The van der Waals surface area contributed by atoms with Gasteiger partial charge in [-0.15, -0.1) is 0 Å². The average Bonchev–Trinajstić information content (AvgIpc) is 2.79. The van der Waals surface area contributed by atoms with Crippen molar-refractivity contribution in [1.82, 2.24) is 9.80 Å². The molecule has 124 valence electrons. The third-order valence-electron chi connectivity index (χ3n) is 3.56. The SMILES string of the molecule is CCC(=O)c1ccc(OCC(O)CN2C(=O)CN(C)C2=O)cc1. The fraction of sp³-hybridized carbons (Fsp3) is 0.438. The van der Waals surface area contributed by atoms with Crippen molar-refractivity contribution in [3.8, 4) is 5.75 Å². The fourth-order valence-corrected chi connectivity index (χ4v) is 2.25. The lowest BCUT2D eigenvalue weighted by Crippen LogP contribution is -2.40. The van der Waals surface area contributed by atoms with E-state index in [1.165, 1.54) is 11.9 Å². The molecule has 1 saturated heterocycles. The van der Waals surface area contributed by atoms with Gasteiger partial charge in [-0.25, -0.2) is 4.79 Å². The summed E-state index contributed by atoms with van der Waals surface area (Å²) in [4.78, 5) is 37.1. The normalized spacial score (nSPS) is 16.0. The van der Waals surface area contributed by atoms with E-state index in [9.17, 15) is 19.5 Å². The van der Waals surface area contributed by atoms with Crippen molar-refractivity contribution in [2.45, 2.75) is 19.4 Å². The fourth-order valence-electron chi connectivity index (χ4n) is 2.25. The molecule has 0 aromatic heterocycles. The van der Waals surface area contributed by atoms with Crippen molar-refractivity contribution in [2.75, 3.05) is 26.7 Å². The summed E-state index contributed by atoms with van der Waals surface area (Å²) in [6.45, 7) is 1.66. The van der Waals surface area contributed by atoms with E-state index in [1.807, 2.05) is 0 Å². The van der Waals surface area contributed by atoms with Crippen LogP contribution in [0.3, 0.4) is 0 Å². The number of ketones is 1. The second-order valence-electron chi connectivity index (χ2n) is 5.41. The van der Waals surface area contributed by atoms with Crippen LogP contribution in [0.25, 0.3) is 0 Å². The minimum Gasteiger partial charge on any atom is -0.491 e. The molecular formula is C16H20N2O5. The Morgan fingerprint density at radius 1 is 1.30 bits per heavy atom. The molecule has 3 amide bonds. The van der Waals surface area contributed by atoms with Crippen LogP contribution in [0.5, 0.6) is 5.75 Å². The minimum absolute atomic E-state index is 0.0271. The van der Waals surface area contributed by atoms with E-state index >= 15 is 0 Å². The van der Waals surface area contributed by atoms with E-state index in [1.54, 1.807) is 31.2 Å². The summed E-state index contributed by atoms with van der Waals surface area (Å²) < 4.78 is 5.42. The number of likely N-dealkylation sites (N-methyl/N-ethyl adjacent to an activating group) is 1. The molecule has 1 aromatic carbocycles. The zero-order valence-corrected chi connectivity index (χ0v) is 13.2. The zero-order valence-electron chi connectivity index (χ0n) is 13.2. The van der Waals surface area contributed by atoms with Crippen LogP contribution in [-0.2, 0) is 4.79 Å². The van der Waals surface area contributed by atoms with Crippen LogP contribution in [0.1, 0.15) is 23.7 Å². The summed E-state index contributed by atoms with van der Waals surface area (Å²) in [5, 5.41) is 9.93. The van der Waals surface area contributed by atoms with Crippen molar-refractivity contribution < 1.29 is 24.2 Å². The Labute approximate surface area is 134 Å². The second-order valence-corrected chi connectivity index (χ2v) is 5.41. The van der Waals surface area contributed by atoms with Crippen LogP contribution < -0.4 is 4.74 Å². The van der Waals surface area contributed by atoms with E-state index in [0.29, 0.717) is 17.7 Å². The van der Waals surface area contributed by atoms with E-state index < -0.39 is 12.1 Å². The van der Waals surface area contributed by atoms with Crippen LogP contribution in [-0.4, -0.2) is 65.5 Å². The van der Waals surface area contributed by atoms with E-state index in [2.05, 4.69) is 0 Å². The number of nitrogens with zero attached hydrogens (tertiary/aromatic N) is 2. The molecule has 23 heavy (non-hydrogen) atoms. The Morgan fingerprint density at radius 2 is 1.96 bits per heavy atom. The van der Waals surface area contributed by atoms with Gasteiger partial charge in [0.15, 0.2) is 5.78 Å². The van der Waals surface area contributed by atoms with E-state index in [0.717, 1.165) is 4.90 Å². The number of rotatable bonds is 7. The number of Topliss-reactive ketones (excluding diaryl/α,β-unsaturated/α-hetero) is 1. The first-order valence-corrected chi connectivity index (χ1v) is 7.42. The first kappa shape index (κ1) is 17.0. The molecule has 2 rings (SSSR count). The zero-order chi connectivity index (χ0) is 17.0. The molecule has 7 nitrogen and oxygen atoms in total. The molecule has 1 aliphatic heterocycles. The molecule has 0 bridgehead atoms. The predicted octanol–water partition coefficient (Wildman–Crippen LogP) is 0.913. The number of hydrogen-bond donors (Lipinski definition) is 1. The van der Waals surface area contributed by atoms with Gasteiger partial charge in [0.1, 0.15) is 25.0 Å². The van der Waals surface area contributed by atoms with Crippen molar-refractivity contribution in [3.05, 3.63) is 29.8 Å². The number of carbonyl (C=O) groups is 3. The quantitative estimate of drug-likeness (QED) is 0.596. The molecule has 0 radical (unpaired) electrons. The standard InChI is InChI=1S/C16H20N2O5/c1-3-14(20)11-4-6-13(7-5-11)23-10-12(19)8-18-15(21)9-17(2)16(18)22/h4-7,12,19H,3,8-10H2,1-2H3. The van der Waals surface area contributed by atoms with Gasteiger partial charge < -0.3 is 14.7 Å². The molecule has 0 aliphatic carbocycles. The third-order valence-corrected chi connectivity index (χ3v) is 3.56. The van der Waals surface area contributed by atoms with Crippen molar-refractivity contribution in [1.29, 1.82) is 0 Å². The lowest BCUT2D eigenvalue weighted by Gasteiger charge is -2.18. The number of ether oxygens (including phenoxy) is 1.